The summed E-state index contributed by atoms with van der Waals surface area (Å²) >= 11 is 1.62. The van der Waals surface area contributed by atoms with Crippen LogP contribution in [-0.2, 0) is 22.6 Å². The van der Waals surface area contributed by atoms with Crippen LogP contribution in [0.4, 0.5) is 5.69 Å². The van der Waals surface area contributed by atoms with Gasteiger partial charge in [-0.15, -0.1) is 11.3 Å². The number of anilines is 1. The molecule has 1 aromatic carbocycles. The number of benzene rings is 1. The van der Waals surface area contributed by atoms with E-state index < -0.39 is 0 Å². The first-order valence-corrected chi connectivity index (χ1v) is 11.8. The van der Waals surface area contributed by atoms with Crippen LogP contribution < -0.4 is 10.6 Å². The number of hydrogen-bond acceptors (Lipinski definition) is 5. The zero-order valence-corrected chi connectivity index (χ0v) is 20.1. The fourth-order valence-electron chi connectivity index (χ4n) is 3.92. The monoisotopic (exact) mass is 442 g/mol. The standard InChI is InChI=1S/C24H34N4O2S/c1-16-21(25-17(2)31-16)14-22(29)26-20-8-6-7-18(13-20)15-28-11-9-19(10-12-28)23(30)27-24(3,4)5/h6-8,13,19H,9-12,14-15H2,1-5H3,(H,26,29)(H,27,30). The maximum Gasteiger partial charge on any atom is 0.230 e. The van der Waals surface area contributed by atoms with Crippen molar-refractivity contribution >= 4 is 28.8 Å². The minimum absolute atomic E-state index is 0.0452. The van der Waals surface area contributed by atoms with Crippen molar-refractivity contribution in [1.82, 2.24) is 15.2 Å². The number of aryl methyl sites for hydroxylation is 2. The van der Waals surface area contributed by atoms with Crippen LogP contribution in [0.15, 0.2) is 24.3 Å². The second-order valence-electron chi connectivity index (χ2n) is 9.45. The van der Waals surface area contributed by atoms with Gasteiger partial charge in [0.1, 0.15) is 0 Å². The van der Waals surface area contributed by atoms with E-state index in [0.717, 1.165) is 59.3 Å². The van der Waals surface area contributed by atoms with Crippen molar-refractivity contribution in [3.05, 3.63) is 45.4 Å². The van der Waals surface area contributed by atoms with Crippen molar-refractivity contribution in [3.8, 4) is 0 Å². The molecule has 2 amide bonds. The number of amides is 2. The number of thiazole rings is 1. The van der Waals surface area contributed by atoms with E-state index in [2.05, 4.69) is 26.6 Å². The van der Waals surface area contributed by atoms with Crippen LogP contribution in [0.25, 0.3) is 0 Å². The van der Waals surface area contributed by atoms with E-state index in [9.17, 15) is 9.59 Å². The molecule has 7 heteroatoms. The Morgan fingerprint density at radius 3 is 2.52 bits per heavy atom. The number of likely N-dealkylation sites (tertiary alicyclic amines) is 1. The van der Waals surface area contributed by atoms with Crippen molar-refractivity contribution in [2.24, 2.45) is 5.92 Å². The molecule has 2 aromatic rings. The molecule has 6 nitrogen and oxygen atoms in total. The Kier molecular flexibility index (Phi) is 7.49. The lowest BCUT2D eigenvalue weighted by Gasteiger charge is -2.33. The van der Waals surface area contributed by atoms with Gasteiger partial charge in [-0.3, -0.25) is 14.5 Å². The minimum atomic E-state index is -0.184. The number of nitrogens with one attached hydrogen (secondary N) is 2. The molecule has 1 saturated heterocycles. The van der Waals surface area contributed by atoms with Crippen LogP contribution in [0, 0.1) is 19.8 Å². The molecule has 1 aliphatic rings. The van der Waals surface area contributed by atoms with Crippen LogP contribution in [0.2, 0.25) is 0 Å². The molecular weight excluding hydrogens is 408 g/mol. The van der Waals surface area contributed by atoms with E-state index in [1.54, 1.807) is 11.3 Å². The van der Waals surface area contributed by atoms with Gasteiger partial charge in [-0.1, -0.05) is 12.1 Å². The van der Waals surface area contributed by atoms with Gasteiger partial charge < -0.3 is 10.6 Å². The number of nitrogens with zero attached hydrogens (tertiary/aromatic N) is 2. The molecule has 0 unspecified atom stereocenters. The molecule has 0 atom stereocenters. The smallest absolute Gasteiger partial charge is 0.230 e. The van der Waals surface area contributed by atoms with Crippen molar-refractivity contribution in [3.63, 3.8) is 0 Å². The summed E-state index contributed by atoms with van der Waals surface area (Å²) in [4.78, 5) is 32.8. The summed E-state index contributed by atoms with van der Waals surface area (Å²) in [5.74, 6) is 0.220. The molecule has 0 radical (unpaired) electrons. The van der Waals surface area contributed by atoms with Crippen molar-refractivity contribution < 1.29 is 9.59 Å². The average molecular weight is 443 g/mol. The summed E-state index contributed by atoms with van der Waals surface area (Å²) < 4.78 is 0. The fourth-order valence-corrected chi connectivity index (χ4v) is 4.76. The molecule has 0 aliphatic carbocycles. The molecule has 3 rings (SSSR count). The van der Waals surface area contributed by atoms with Crippen molar-refractivity contribution in [1.29, 1.82) is 0 Å². The predicted octanol–water partition coefficient (Wildman–Crippen LogP) is 4.07. The highest BCUT2D eigenvalue weighted by Gasteiger charge is 2.27. The number of carbonyl (C=O) groups is 2. The van der Waals surface area contributed by atoms with Gasteiger partial charge in [0.05, 0.1) is 17.1 Å². The van der Waals surface area contributed by atoms with E-state index in [1.165, 1.54) is 0 Å². The van der Waals surface area contributed by atoms with Crippen molar-refractivity contribution in [2.75, 3.05) is 18.4 Å². The Morgan fingerprint density at radius 1 is 1.19 bits per heavy atom. The Morgan fingerprint density at radius 2 is 1.90 bits per heavy atom. The first-order valence-electron chi connectivity index (χ1n) is 10.9. The summed E-state index contributed by atoms with van der Waals surface area (Å²) in [6.07, 6.45) is 2.06. The van der Waals surface area contributed by atoms with Gasteiger partial charge in [-0.2, -0.15) is 0 Å². The quantitative estimate of drug-likeness (QED) is 0.707. The van der Waals surface area contributed by atoms with Gasteiger partial charge in [-0.25, -0.2) is 4.98 Å². The number of rotatable bonds is 6. The molecule has 168 valence electrons. The lowest BCUT2D eigenvalue weighted by atomic mass is 9.94. The molecule has 1 aromatic heterocycles. The van der Waals surface area contributed by atoms with Gasteiger partial charge in [0.15, 0.2) is 0 Å². The normalized spacial score (nSPS) is 15.6. The molecule has 0 bridgehead atoms. The van der Waals surface area contributed by atoms with Gasteiger partial charge in [0.25, 0.3) is 0 Å². The highest BCUT2D eigenvalue weighted by molar-refractivity contribution is 7.11. The lowest BCUT2D eigenvalue weighted by Crippen LogP contribution is -2.46. The van der Waals surface area contributed by atoms with Crippen LogP contribution in [0.1, 0.15) is 54.8 Å². The first-order chi connectivity index (χ1) is 14.6. The molecule has 2 N–H and O–H groups in total. The van der Waals surface area contributed by atoms with Gasteiger partial charge in [-0.05, 0) is 78.2 Å². The molecule has 1 aliphatic heterocycles. The Bertz CT molecular complexity index is 924. The van der Waals surface area contributed by atoms with Crippen LogP contribution >= 0.6 is 11.3 Å². The van der Waals surface area contributed by atoms with E-state index in [0.29, 0.717) is 6.42 Å². The third-order valence-electron chi connectivity index (χ3n) is 5.40. The fraction of sp³-hybridized carbons (Fsp3) is 0.542. The topological polar surface area (TPSA) is 74.3 Å². The van der Waals surface area contributed by atoms with Crippen LogP contribution in [0.5, 0.6) is 0 Å². The summed E-state index contributed by atoms with van der Waals surface area (Å²) in [5.41, 5.74) is 2.65. The third-order valence-corrected chi connectivity index (χ3v) is 6.33. The second kappa shape index (κ2) is 9.92. The Hall–Kier alpha value is -2.25. The molecule has 0 spiro atoms. The highest BCUT2D eigenvalue weighted by atomic mass is 32.1. The summed E-state index contributed by atoms with van der Waals surface area (Å²) in [7, 11) is 0. The van der Waals surface area contributed by atoms with Gasteiger partial charge in [0, 0.05) is 28.6 Å². The van der Waals surface area contributed by atoms with Crippen LogP contribution in [0.3, 0.4) is 0 Å². The zero-order valence-electron chi connectivity index (χ0n) is 19.2. The third kappa shape index (κ3) is 7.14. The predicted molar refractivity (Wildman–Crippen MR) is 126 cm³/mol. The zero-order chi connectivity index (χ0) is 22.6. The summed E-state index contributed by atoms with van der Waals surface area (Å²) in [6.45, 7) is 12.6. The average Bonchev–Trinajstić information content (AvgIpc) is 2.98. The maximum absolute atomic E-state index is 12.4. The van der Waals surface area contributed by atoms with E-state index in [1.807, 2.05) is 52.8 Å². The molecule has 1 fully saturated rings. The largest absolute Gasteiger partial charge is 0.351 e. The number of aromatic nitrogens is 1. The maximum atomic E-state index is 12.4. The number of carbonyl (C=O) groups excluding carboxylic acids is 2. The first kappa shape index (κ1) is 23.4. The Labute approximate surface area is 189 Å². The molecule has 0 saturated carbocycles. The highest BCUT2D eigenvalue weighted by Crippen LogP contribution is 2.22. The number of piperidine rings is 1. The van der Waals surface area contributed by atoms with E-state index in [-0.39, 0.29) is 23.3 Å². The Balaban J connectivity index is 1.50. The molecule has 31 heavy (non-hydrogen) atoms. The second-order valence-corrected chi connectivity index (χ2v) is 10.9. The SMILES string of the molecule is Cc1nc(CC(=O)Nc2cccc(CN3CCC(C(=O)NC(C)(C)C)CC3)c2)c(C)s1. The number of hydrogen-bond donors (Lipinski definition) is 2. The minimum Gasteiger partial charge on any atom is -0.351 e. The summed E-state index contributed by atoms with van der Waals surface area (Å²) in [5, 5.41) is 7.09. The van der Waals surface area contributed by atoms with Crippen molar-refractivity contribution in [2.45, 2.75) is 66.0 Å². The molecular formula is C24H34N4O2S. The summed E-state index contributed by atoms with van der Waals surface area (Å²) in [6, 6.07) is 8.02. The van der Waals surface area contributed by atoms with Gasteiger partial charge in [0.2, 0.25) is 11.8 Å². The molecule has 2 heterocycles. The van der Waals surface area contributed by atoms with E-state index >= 15 is 0 Å². The van der Waals surface area contributed by atoms with Gasteiger partial charge >= 0.3 is 0 Å². The lowest BCUT2D eigenvalue weighted by molar-refractivity contribution is -0.128. The van der Waals surface area contributed by atoms with E-state index in [4.69, 9.17) is 0 Å². The van der Waals surface area contributed by atoms with Crippen LogP contribution in [-0.4, -0.2) is 40.3 Å².